The Morgan fingerprint density at radius 1 is 1.33 bits per heavy atom. The van der Waals surface area contributed by atoms with Crippen LogP contribution < -0.4 is 0 Å². The molecule has 1 aromatic rings. The first-order chi connectivity index (χ1) is 6.97. The molecular weight excluding hydrogens is 188 g/mol. The summed E-state index contributed by atoms with van der Waals surface area (Å²) < 4.78 is 0. The zero-order chi connectivity index (χ0) is 11.1. The zero-order valence-electron chi connectivity index (χ0n) is 9.27. The van der Waals surface area contributed by atoms with Crippen molar-refractivity contribution in [3.63, 3.8) is 0 Å². The first kappa shape index (κ1) is 10.7. The molecule has 15 heavy (non-hydrogen) atoms. The molecule has 2 atom stereocenters. The third kappa shape index (κ3) is 2.21. The molecule has 0 saturated carbocycles. The van der Waals surface area contributed by atoms with E-state index in [-0.39, 0.29) is 5.92 Å². The molecule has 0 radical (unpaired) electrons. The molecule has 2 rings (SSSR count). The second-order valence-electron chi connectivity index (χ2n) is 5.12. The lowest BCUT2D eigenvalue weighted by Crippen LogP contribution is -2.25. The first-order valence-electron chi connectivity index (χ1n) is 5.45. The summed E-state index contributed by atoms with van der Waals surface area (Å²) in [7, 11) is 0. The van der Waals surface area contributed by atoms with E-state index < -0.39 is 11.7 Å². The second kappa shape index (κ2) is 3.62. The van der Waals surface area contributed by atoms with E-state index in [0.29, 0.717) is 6.42 Å². The van der Waals surface area contributed by atoms with E-state index in [1.165, 1.54) is 5.56 Å². The minimum atomic E-state index is -0.701. The standard InChI is InChI=1S/C13H18O2/c1-13(2,15)8-10-7-9-5-3-4-6-11(9)12(10)14/h3-6,10,12,14-15H,7-8H2,1-2H3. The highest BCUT2D eigenvalue weighted by atomic mass is 16.3. The molecule has 0 saturated heterocycles. The second-order valence-corrected chi connectivity index (χ2v) is 5.12. The molecule has 0 amide bonds. The number of benzene rings is 1. The zero-order valence-corrected chi connectivity index (χ0v) is 9.27. The Balaban J connectivity index is 2.17. The minimum Gasteiger partial charge on any atom is -0.390 e. The monoisotopic (exact) mass is 206 g/mol. The fraction of sp³-hybridized carbons (Fsp3) is 0.538. The summed E-state index contributed by atoms with van der Waals surface area (Å²) in [6.07, 6.45) is 1.11. The van der Waals surface area contributed by atoms with E-state index in [2.05, 4.69) is 6.07 Å². The molecule has 82 valence electrons. The molecule has 0 heterocycles. The average Bonchev–Trinajstić information content (AvgIpc) is 2.42. The largest absolute Gasteiger partial charge is 0.390 e. The summed E-state index contributed by atoms with van der Waals surface area (Å²) in [5.41, 5.74) is 1.55. The van der Waals surface area contributed by atoms with Gasteiger partial charge in [-0.05, 0) is 43.7 Å². The topological polar surface area (TPSA) is 40.5 Å². The molecule has 0 aromatic heterocycles. The Labute approximate surface area is 90.6 Å². The smallest absolute Gasteiger partial charge is 0.0825 e. The van der Waals surface area contributed by atoms with Gasteiger partial charge in [-0.15, -0.1) is 0 Å². The van der Waals surface area contributed by atoms with Crippen LogP contribution in [-0.2, 0) is 6.42 Å². The SMILES string of the molecule is CC(C)(O)CC1Cc2ccccc2C1O. The minimum absolute atomic E-state index is 0.155. The van der Waals surface area contributed by atoms with E-state index in [9.17, 15) is 10.2 Å². The van der Waals surface area contributed by atoms with Gasteiger partial charge in [0.15, 0.2) is 0 Å². The number of hydrogen-bond acceptors (Lipinski definition) is 2. The van der Waals surface area contributed by atoms with Crippen LogP contribution in [0.2, 0.25) is 0 Å². The lowest BCUT2D eigenvalue weighted by atomic mass is 9.90. The Hall–Kier alpha value is -0.860. The van der Waals surface area contributed by atoms with Gasteiger partial charge in [-0.2, -0.15) is 0 Å². The molecule has 0 fully saturated rings. The summed E-state index contributed by atoms with van der Waals surface area (Å²) in [5.74, 6) is 0.155. The van der Waals surface area contributed by atoms with Gasteiger partial charge in [0.2, 0.25) is 0 Å². The molecule has 1 aliphatic carbocycles. The van der Waals surface area contributed by atoms with Gasteiger partial charge in [0.05, 0.1) is 11.7 Å². The van der Waals surface area contributed by atoms with Gasteiger partial charge in [-0.1, -0.05) is 24.3 Å². The van der Waals surface area contributed by atoms with Crippen molar-refractivity contribution in [1.82, 2.24) is 0 Å². The van der Waals surface area contributed by atoms with Crippen LogP contribution in [0.3, 0.4) is 0 Å². The average molecular weight is 206 g/mol. The van der Waals surface area contributed by atoms with Crippen molar-refractivity contribution >= 4 is 0 Å². The Kier molecular flexibility index (Phi) is 2.57. The van der Waals surface area contributed by atoms with Crippen molar-refractivity contribution in [2.75, 3.05) is 0 Å². The fourth-order valence-electron chi connectivity index (χ4n) is 2.48. The van der Waals surface area contributed by atoms with Gasteiger partial charge in [0.25, 0.3) is 0 Å². The van der Waals surface area contributed by atoms with Crippen LogP contribution in [0.1, 0.15) is 37.5 Å². The maximum absolute atomic E-state index is 10.1. The van der Waals surface area contributed by atoms with Gasteiger partial charge in [-0.3, -0.25) is 0 Å². The molecule has 2 nitrogen and oxygen atoms in total. The van der Waals surface area contributed by atoms with Gasteiger partial charge in [0, 0.05) is 0 Å². The Morgan fingerprint density at radius 2 is 2.00 bits per heavy atom. The predicted molar refractivity (Wildman–Crippen MR) is 59.5 cm³/mol. The van der Waals surface area contributed by atoms with Crippen molar-refractivity contribution in [1.29, 1.82) is 0 Å². The lowest BCUT2D eigenvalue weighted by molar-refractivity contribution is 0.0193. The quantitative estimate of drug-likeness (QED) is 0.777. The Morgan fingerprint density at radius 3 is 2.60 bits per heavy atom. The van der Waals surface area contributed by atoms with Crippen molar-refractivity contribution in [3.8, 4) is 0 Å². The third-order valence-corrected chi connectivity index (χ3v) is 3.06. The van der Waals surface area contributed by atoms with Crippen LogP contribution in [0, 0.1) is 5.92 Å². The predicted octanol–water partition coefficient (Wildman–Crippen LogP) is 2.05. The van der Waals surface area contributed by atoms with Crippen molar-refractivity contribution in [3.05, 3.63) is 35.4 Å². The summed E-state index contributed by atoms with van der Waals surface area (Å²) in [6, 6.07) is 7.99. The number of rotatable bonds is 2. The molecule has 0 aliphatic heterocycles. The first-order valence-corrected chi connectivity index (χ1v) is 5.45. The van der Waals surface area contributed by atoms with Crippen LogP contribution in [-0.4, -0.2) is 15.8 Å². The summed E-state index contributed by atoms with van der Waals surface area (Å²) in [4.78, 5) is 0. The van der Waals surface area contributed by atoms with E-state index in [1.54, 1.807) is 13.8 Å². The van der Waals surface area contributed by atoms with E-state index >= 15 is 0 Å². The van der Waals surface area contributed by atoms with Crippen LogP contribution in [0.4, 0.5) is 0 Å². The molecule has 2 heteroatoms. The molecular formula is C13H18O2. The van der Waals surface area contributed by atoms with Gasteiger partial charge < -0.3 is 10.2 Å². The summed E-state index contributed by atoms with van der Waals surface area (Å²) >= 11 is 0. The number of aliphatic hydroxyl groups is 2. The van der Waals surface area contributed by atoms with E-state index in [1.807, 2.05) is 18.2 Å². The molecule has 0 bridgehead atoms. The highest BCUT2D eigenvalue weighted by molar-refractivity contribution is 5.34. The summed E-state index contributed by atoms with van der Waals surface area (Å²) in [5, 5.41) is 19.9. The molecule has 2 N–H and O–H groups in total. The lowest BCUT2D eigenvalue weighted by Gasteiger charge is -2.24. The maximum Gasteiger partial charge on any atom is 0.0825 e. The van der Waals surface area contributed by atoms with Gasteiger partial charge >= 0.3 is 0 Å². The molecule has 2 unspecified atom stereocenters. The highest BCUT2D eigenvalue weighted by Crippen LogP contribution is 2.39. The number of fused-ring (bicyclic) bond motifs is 1. The third-order valence-electron chi connectivity index (χ3n) is 3.06. The normalized spacial score (nSPS) is 25.3. The van der Waals surface area contributed by atoms with E-state index in [0.717, 1.165) is 12.0 Å². The van der Waals surface area contributed by atoms with Crippen LogP contribution >= 0.6 is 0 Å². The van der Waals surface area contributed by atoms with Crippen LogP contribution in [0.25, 0.3) is 0 Å². The van der Waals surface area contributed by atoms with Crippen LogP contribution in [0.15, 0.2) is 24.3 Å². The molecule has 1 aromatic carbocycles. The van der Waals surface area contributed by atoms with Crippen molar-refractivity contribution < 1.29 is 10.2 Å². The maximum atomic E-state index is 10.1. The number of hydrogen-bond donors (Lipinski definition) is 2. The number of aliphatic hydroxyl groups excluding tert-OH is 1. The van der Waals surface area contributed by atoms with Crippen molar-refractivity contribution in [2.24, 2.45) is 5.92 Å². The van der Waals surface area contributed by atoms with Crippen molar-refractivity contribution in [2.45, 2.75) is 38.4 Å². The Bertz CT molecular complexity index is 352. The molecule has 0 spiro atoms. The van der Waals surface area contributed by atoms with E-state index in [4.69, 9.17) is 0 Å². The van der Waals surface area contributed by atoms with Gasteiger partial charge in [0.1, 0.15) is 0 Å². The van der Waals surface area contributed by atoms with Crippen LogP contribution in [0.5, 0.6) is 0 Å². The summed E-state index contributed by atoms with van der Waals surface area (Å²) in [6.45, 7) is 3.59. The molecule has 1 aliphatic rings. The van der Waals surface area contributed by atoms with Gasteiger partial charge in [-0.25, -0.2) is 0 Å². The highest BCUT2D eigenvalue weighted by Gasteiger charge is 2.33. The fourth-order valence-corrected chi connectivity index (χ4v) is 2.48.